The number of anilines is 1. The van der Waals surface area contributed by atoms with Crippen LogP contribution in [0.25, 0.3) is 10.9 Å². The topological polar surface area (TPSA) is 72.2 Å². The molecule has 170 valence electrons. The van der Waals surface area contributed by atoms with Crippen LogP contribution in [0.4, 0.5) is 10.1 Å². The van der Waals surface area contributed by atoms with Gasteiger partial charge in [0.15, 0.2) is 5.82 Å². The first-order valence-corrected chi connectivity index (χ1v) is 11.1. The van der Waals surface area contributed by atoms with Gasteiger partial charge < -0.3 is 9.64 Å². The van der Waals surface area contributed by atoms with E-state index in [2.05, 4.69) is 48.5 Å². The molecule has 0 unspecified atom stereocenters. The van der Waals surface area contributed by atoms with Gasteiger partial charge >= 0.3 is 0 Å². The standard InChI is InChI=1S/C24H26FN7O/c1-33-16-15-32-24(27-28-29-32)23(19-8-9-21-18(17-19)5-4-10-26-21)31-13-11-30(12-14-31)22-7-3-2-6-20(22)25/h2-10,17,23H,11-16H2,1H3/t23-/m1/s1. The van der Waals surface area contributed by atoms with Crippen molar-refractivity contribution in [3.8, 4) is 0 Å². The SMILES string of the molecule is COCCn1nnnc1[C@@H](c1ccc2ncccc2c1)N1CCN(c2ccccc2F)CC1. The van der Waals surface area contributed by atoms with Gasteiger partial charge in [-0.1, -0.05) is 24.3 Å². The number of fused-ring (bicyclic) bond motifs is 1. The van der Waals surface area contributed by atoms with Crippen LogP contribution in [0, 0.1) is 5.82 Å². The number of methoxy groups -OCH3 is 1. The molecular formula is C24H26FN7O. The lowest BCUT2D eigenvalue weighted by Crippen LogP contribution is -2.48. The summed E-state index contributed by atoms with van der Waals surface area (Å²) in [7, 11) is 1.67. The summed E-state index contributed by atoms with van der Waals surface area (Å²) in [6.45, 7) is 4.02. The number of benzene rings is 2. The molecule has 3 heterocycles. The normalized spacial score (nSPS) is 15.8. The summed E-state index contributed by atoms with van der Waals surface area (Å²) < 4.78 is 21.4. The molecular weight excluding hydrogens is 421 g/mol. The third kappa shape index (κ3) is 4.42. The van der Waals surface area contributed by atoms with Crippen molar-refractivity contribution >= 4 is 16.6 Å². The number of piperazine rings is 1. The second-order valence-electron chi connectivity index (χ2n) is 8.09. The number of para-hydroxylation sites is 1. The molecule has 0 aliphatic carbocycles. The van der Waals surface area contributed by atoms with E-state index in [4.69, 9.17) is 4.74 Å². The number of hydrogen-bond acceptors (Lipinski definition) is 7. The largest absolute Gasteiger partial charge is 0.383 e. The number of hydrogen-bond donors (Lipinski definition) is 0. The average molecular weight is 448 g/mol. The average Bonchev–Trinajstić information content (AvgIpc) is 3.31. The number of tetrazole rings is 1. The maximum absolute atomic E-state index is 14.3. The molecule has 8 nitrogen and oxygen atoms in total. The molecule has 0 radical (unpaired) electrons. The third-order valence-corrected chi connectivity index (χ3v) is 6.13. The minimum atomic E-state index is -0.187. The molecule has 5 rings (SSSR count). The molecule has 1 atom stereocenters. The van der Waals surface area contributed by atoms with Gasteiger partial charge in [-0.25, -0.2) is 9.07 Å². The van der Waals surface area contributed by atoms with E-state index in [0.29, 0.717) is 31.9 Å². The van der Waals surface area contributed by atoms with Crippen molar-refractivity contribution in [1.29, 1.82) is 0 Å². The summed E-state index contributed by atoms with van der Waals surface area (Å²) in [6, 6.07) is 17.1. The number of halogens is 1. The lowest BCUT2D eigenvalue weighted by molar-refractivity contribution is 0.171. The fourth-order valence-electron chi connectivity index (χ4n) is 4.46. The van der Waals surface area contributed by atoms with E-state index < -0.39 is 0 Å². The predicted octanol–water partition coefficient (Wildman–Crippen LogP) is 2.92. The predicted molar refractivity (Wildman–Crippen MR) is 123 cm³/mol. The highest BCUT2D eigenvalue weighted by Crippen LogP contribution is 2.31. The van der Waals surface area contributed by atoms with Crippen LogP contribution < -0.4 is 4.90 Å². The molecule has 1 fully saturated rings. The van der Waals surface area contributed by atoms with Gasteiger partial charge in [0.25, 0.3) is 0 Å². The number of ether oxygens (including phenoxy) is 1. The molecule has 0 spiro atoms. The van der Waals surface area contributed by atoms with Crippen LogP contribution in [0.1, 0.15) is 17.4 Å². The van der Waals surface area contributed by atoms with Crippen molar-refractivity contribution in [1.82, 2.24) is 30.1 Å². The highest BCUT2D eigenvalue weighted by molar-refractivity contribution is 5.79. The fraction of sp³-hybridized carbons (Fsp3) is 0.333. The van der Waals surface area contributed by atoms with Crippen molar-refractivity contribution < 1.29 is 9.13 Å². The van der Waals surface area contributed by atoms with Gasteiger partial charge in [0.2, 0.25) is 0 Å². The lowest BCUT2D eigenvalue weighted by Gasteiger charge is -2.40. The van der Waals surface area contributed by atoms with E-state index in [0.717, 1.165) is 35.4 Å². The van der Waals surface area contributed by atoms with E-state index >= 15 is 0 Å². The third-order valence-electron chi connectivity index (χ3n) is 6.13. The van der Waals surface area contributed by atoms with Gasteiger partial charge in [0.05, 0.1) is 30.4 Å². The first-order valence-electron chi connectivity index (χ1n) is 11.1. The van der Waals surface area contributed by atoms with Crippen LogP contribution in [0.15, 0.2) is 60.8 Å². The van der Waals surface area contributed by atoms with Gasteiger partial charge in [0.1, 0.15) is 5.82 Å². The van der Waals surface area contributed by atoms with E-state index in [-0.39, 0.29) is 11.9 Å². The highest BCUT2D eigenvalue weighted by Gasteiger charge is 2.31. The zero-order chi connectivity index (χ0) is 22.6. The smallest absolute Gasteiger partial charge is 0.173 e. The molecule has 4 aromatic rings. The molecule has 0 bridgehead atoms. The number of pyridine rings is 1. The van der Waals surface area contributed by atoms with Crippen molar-refractivity contribution in [2.45, 2.75) is 12.6 Å². The van der Waals surface area contributed by atoms with Crippen LogP contribution in [-0.4, -0.2) is 70.0 Å². The molecule has 9 heteroatoms. The monoisotopic (exact) mass is 447 g/mol. The molecule has 1 saturated heterocycles. The summed E-state index contributed by atoms with van der Waals surface area (Å²) in [5.41, 5.74) is 2.70. The van der Waals surface area contributed by atoms with Gasteiger partial charge in [-0.05, 0) is 46.3 Å². The van der Waals surface area contributed by atoms with Crippen molar-refractivity contribution in [2.24, 2.45) is 0 Å². The Hall–Kier alpha value is -3.43. The Morgan fingerprint density at radius 1 is 1.03 bits per heavy atom. The van der Waals surface area contributed by atoms with E-state index in [1.54, 1.807) is 19.4 Å². The zero-order valence-electron chi connectivity index (χ0n) is 18.5. The van der Waals surface area contributed by atoms with E-state index in [9.17, 15) is 4.39 Å². The maximum Gasteiger partial charge on any atom is 0.173 e. The lowest BCUT2D eigenvalue weighted by atomic mass is 10.0. The van der Waals surface area contributed by atoms with Crippen LogP contribution in [0.5, 0.6) is 0 Å². The Balaban J connectivity index is 1.47. The fourth-order valence-corrected chi connectivity index (χ4v) is 4.46. The molecule has 0 N–H and O–H groups in total. The zero-order valence-corrected chi connectivity index (χ0v) is 18.5. The molecule has 2 aromatic heterocycles. The Bertz CT molecular complexity index is 1220. The molecule has 0 saturated carbocycles. The summed E-state index contributed by atoms with van der Waals surface area (Å²) >= 11 is 0. The van der Waals surface area contributed by atoms with Crippen molar-refractivity contribution in [2.75, 3.05) is 44.8 Å². The molecule has 1 aliphatic rings. The van der Waals surface area contributed by atoms with E-state index in [1.165, 1.54) is 6.07 Å². The van der Waals surface area contributed by atoms with Gasteiger partial charge in [-0.15, -0.1) is 5.10 Å². The van der Waals surface area contributed by atoms with Gasteiger partial charge in [-0.2, -0.15) is 0 Å². The first kappa shape index (κ1) is 21.4. The van der Waals surface area contributed by atoms with Crippen molar-refractivity contribution in [3.63, 3.8) is 0 Å². The van der Waals surface area contributed by atoms with Crippen LogP contribution >= 0.6 is 0 Å². The second-order valence-corrected chi connectivity index (χ2v) is 8.09. The summed E-state index contributed by atoms with van der Waals surface area (Å²) in [5, 5.41) is 13.6. The maximum atomic E-state index is 14.3. The van der Waals surface area contributed by atoms with E-state index in [1.807, 2.05) is 28.9 Å². The minimum absolute atomic E-state index is 0.135. The summed E-state index contributed by atoms with van der Waals surface area (Å²) in [6.07, 6.45) is 1.80. The van der Waals surface area contributed by atoms with Gasteiger partial charge in [-0.3, -0.25) is 9.88 Å². The Kier molecular flexibility index (Phi) is 6.23. The van der Waals surface area contributed by atoms with Crippen LogP contribution in [0.3, 0.4) is 0 Å². The number of rotatable bonds is 7. The number of nitrogens with zero attached hydrogens (tertiary/aromatic N) is 7. The second kappa shape index (κ2) is 9.60. The highest BCUT2D eigenvalue weighted by atomic mass is 19.1. The first-order chi connectivity index (χ1) is 16.2. The number of aromatic nitrogens is 5. The van der Waals surface area contributed by atoms with Crippen LogP contribution in [-0.2, 0) is 11.3 Å². The molecule has 2 aromatic carbocycles. The molecule has 0 amide bonds. The molecule has 33 heavy (non-hydrogen) atoms. The Labute approximate surface area is 191 Å². The summed E-state index contributed by atoms with van der Waals surface area (Å²) in [4.78, 5) is 8.91. The summed E-state index contributed by atoms with van der Waals surface area (Å²) in [5.74, 6) is 0.586. The van der Waals surface area contributed by atoms with Gasteiger partial charge in [0, 0.05) is 44.9 Å². The van der Waals surface area contributed by atoms with Crippen molar-refractivity contribution in [3.05, 3.63) is 78.0 Å². The molecule has 1 aliphatic heterocycles. The quantitative estimate of drug-likeness (QED) is 0.431. The Morgan fingerprint density at radius 3 is 2.70 bits per heavy atom. The minimum Gasteiger partial charge on any atom is -0.383 e. The Morgan fingerprint density at radius 2 is 1.88 bits per heavy atom. The van der Waals surface area contributed by atoms with Crippen LogP contribution in [0.2, 0.25) is 0 Å².